The third-order valence-electron chi connectivity index (χ3n) is 4.35. The number of aryl methyl sites for hydroxylation is 1. The van der Waals surface area contributed by atoms with Crippen LogP contribution in [0.1, 0.15) is 41.3 Å². The van der Waals surface area contributed by atoms with Crippen LogP contribution in [0.15, 0.2) is 34.0 Å². The summed E-state index contributed by atoms with van der Waals surface area (Å²) in [6.07, 6.45) is 7.00. The summed E-state index contributed by atoms with van der Waals surface area (Å²) in [6.45, 7) is 7.39. The van der Waals surface area contributed by atoms with Crippen molar-refractivity contribution in [2.75, 3.05) is 26.2 Å². The highest BCUT2D eigenvalue weighted by Crippen LogP contribution is 2.21. The molecular formula is C19H29IN4O2S. The second-order valence-electron chi connectivity index (χ2n) is 6.67. The summed E-state index contributed by atoms with van der Waals surface area (Å²) in [6, 6.07) is 3.91. The molecule has 8 heteroatoms. The van der Waals surface area contributed by atoms with Gasteiger partial charge in [0.1, 0.15) is 5.76 Å². The van der Waals surface area contributed by atoms with Gasteiger partial charge >= 0.3 is 0 Å². The normalized spacial score (nSPS) is 18.1. The van der Waals surface area contributed by atoms with Gasteiger partial charge in [0.25, 0.3) is 0 Å². The van der Waals surface area contributed by atoms with Gasteiger partial charge in [0.2, 0.25) is 0 Å². The highest BCUT2D eigenvalue weighted by Gasteiger charge is 2.16. The minimum Gasteiger partial charge on any atom is -0.469 e. The van der Waals surface area contributed by atoms with Gasteiger partial charge in [-0.2, -0.15) is 0 Å². The topological polar surface area (TPSA) is 71.7 Å². The molecule has 0 aliphatic carbocycles. The van der Waals surface area contributed by atoms with Crippen LogP contribution in [-0.4, -0.2) is 43.3 Å². The van der Waals surface area contributed by atoms with Gasteiger partial charge in [-0.1, -0.05) is 6.92 Å². The second kappa shape index (κ2) is 11.7. The van der Waals surface area contributed by atoms with E-state index in [1.165, 1.54) is 4.88 Å². The summed E-state index contributed by atoms with van der Waals surface area (Å²) >= 11 is 1.74. The average molecular weight is 504 g/mol. The van der Waals surface area contributed by atoms with E-state index in [0.717, 1.165) is 55.7 Å². The SMILES string of the molecule is Cc1cnc(C(C)CN=C(NCCc2ccco2)NCC2CCCO2)s1.I. The Morgan fingerprint density at radius 2 is 2.33 bits per heavy atom. The highest BCUT2D eigenvalue weighted by molar-refractivity contribution is 14.0. The maximum absolute atomic E-state index is 5.70. The lowest BCUT2D eigenvalue weighted by atomic mass is 10.2. The van der Waals surface area contributed by atoms with Gasteiger partial charge in [0.15, 0.2) is 5.96 Å². The van der Waals surface area contributed by atoms with Crippen LogP contribution < -0.4 is 10.6 Å². The summed E-state index contributed by atoms with van der Waals surface area (Å²) in [5.41, 5.74) is 0. The van der Waals surface area contributed by atoms with Gasteiger partial charge in [-0.3, -0.25) is 4.99 Å². The Bertz CT molecular complexity index is 684. The lowest BCUT2D eigenvalue weighted by Gasteiger charge is -2.16. The van der Waals surface area contributed by atoms with Gasteiger partial charge in [-0.25, -0.2) is 4.98 Å². The zero-order chi connectivity index (χ0) is 18.2. The summed E-state index contributed by atoms with van der Waals surface area (Å²) in [7, 11) is 0. The van der Waals surface area contributed by atoms with Crippen LogP contribution in [0, 0.1) is 6.92 Å². The number of hydrogen-bond donors (Lipinski definition) is 2. The minimum atomic E-state index is 0. The summed E-state index contributed by atoms with van der Waals surface area (Å²) < 4.78 is 11.1. The van der Waals surface area contributed by atoms with Gasteiger partial charge in [0, 0.05) is 43.1 Å². The molecule has 2 unspecified atom stereocenters. The molecule has 0 bridgehead atoms. The number of ether oxygens (including phenoxy) is 1. The largest absolute Gasteiger partial charge is 0.469 e. The fourth-order valence-electron chi connectivity index (χ4n) is 2.86. The van der Waals surface area contributed by atoms with Crippen molar-refractivity contribution in [3.8, 4) is 0 Å². The first-order chi connectivity index (χ1) is 12.7. The second-order valence-corrected chi connectivity index (χ2v) is 7.94. The zero-order valence-corrected chi connectivity index (χ0v) is 19.1. The molecule has 2 aromatic rings. The van der Waals surface area contributed by atoms with Gasteiger partial charge in [-0.15, -0.1) is 35.3 Å². The number of nitrogens with one attached hydrogen (secondary N) is 2. The Balaban J connectivity index is 0.00000261. The molecule has 2 atom stereocenters. The fourth-order valence-corrected chi connectivity index (χ4v) is 3.67. The van der Waals surface area contributed by atoms with E-state index in [0.29, 0.717) is 12.5 Å². The summed E-state index contributed by atoms with van der Waals surface area (Å²) in [5, 5.41) is 7.96. The fraction of sp³-hybridized carbons (Fsp3) is 0.579. The molecule has 1 aliphatic heterocycles. The van der Waals surface area contributed by atoms with Gasteiger partial charge in [0.05, 0.1) is 23.9 Å². The standard InChI is InChI=1S/C19H28N4O2S.HI/c1-14(18-21-12-15(2)26-18)11-22-19(23-13-17-6-4-10-25-17)20-8-7-16-5-3-9-24-16;/h3,5,9,12,14,17H,4,6-8,10-11,13H2,1-2H3,(H2,20,22,23);1H. The maximum atomic E-state index is 5.70. The van der Waals surface area contributed by atoms with Crippen LogP contribution in [0.3, 0.4) is 0 Å². The van der Waals surface area contributed by atoms with Crippen molar-refractivity contribution < 1.29 is 9.15 Å². The number of aromatic nitrogens is 1. The Kier molecular flexibility index (Phi) is 9.57. The molecule has 1 aliphatic rings. The molecule has 1 fully saturated rings. The van der Waals surface area contributed by atoms with Crippen molar-refractivity contribution in [3.63, 3.8) is 0 Å². The van der Waals surface area contributed by atoms with E-state index in [2.05, 4.69) is 29.5 Å². The third-order valence-corrected chi connectivity index (χ3v) is 5.49. The summed E-state index contributed by atoms with van der Waals surface area (Å²) in [5.74, 6) is 2.11. The Labute approximate surface area is 182 Å². The molecule has 0 amide bonds. The predicted molar refractivity (Wildman–Crippen MR) is 120 cm³/mol. The molecule has 0 spiro atoms. The predicted octanol–water partition coefficient (Wildman–Crippen LogP) is 3.72. The highest BCUT2D eigenvalue weighted by atomic mass is 127. The van der Waals surface area contributed by atoms with Crippen molar-refractivity contribution in [1.29, 1.82) is 0 Å². The first kappa shape index (κ1) is 22.2. The first-order valence-corrected chi connectivity index (χ1v) is 10.1. The van der Waals surface area contributed by atoms with Gasteiger partial charge < -0.3 is 19.8 Å². The smallest absolute Gasteiger partial charge is 0.191 e. The van der Waals surface area contributed by atoms with Crippen LogP contribution in [-0.2, 0) is 11.2 Å². The Morgan fingerprint density at radius 1 is 1.44 bits per heavy atom. The molecule has 2 N–H and O–H groups in total. The van der Waals surface area contributed by atoms with Crippen LogP contribution in [0.5, 0.6) is 0 Å². The number of rotatable bonds is 8. The van der Waals surface area contributed by atoms with Crippen LogP contribution in [0.4, 0.5) is 0 Å². The lowest BCUT2D eigenvalue weighted by molar-refractivity contribution is 0.114. The number of halogens is 1. The van der Waals surface area contributed by atoms with Crippen LogP contribution in [0.2, 0.25) is 0 Å². The molecule has 6 nitrogen and oxygen atoms in total. The molecule has 27 heavy (non-hydrogen) atoms. The quantitative estimate of drug-likeness (QED) is 0.326. The molecule has 3 heterocycles. The molecule has 3 rings (SSSR count). The lowest BCUT2D eigenvalue weighted by Crippen LogP contribution is -2.42. The maximum Gasteiger partial charge on any atom is 0.191 e. The first-order valence-electron chi connectivity index (χ1n) is 9.29. The molecule has 0 radical (unpaired) electrons. The third kappa shape index (κ3) is 7.42. The van der Waals surface area contributed by atoms with E-state index in [1.54, 1.807) is 17.6 Å². The van der Waals surface area contributed by atoms with Crippen molar-refractivity contribution in [3.05, 3.63) is 40.2 Å². The summed E-state index contributed by atoms with van der Waals surface area (Å²) in [4.78, 5) is 10.5. The minimum absolute atomic E-state index is 0. The average Bonchev–Trinajstić information content (AvgIpc) is 3.39. The zero-order valence-electron chi connectivity index (χ0n) is 15.9. The van der Waals surface area contributed by atoms with Crippen molar-refractivity contribution >= 4 is 41.3 Å². The molecule has 1 saturated heterocycles. The van der Waals surface area contributed by atoms with Crippen LogP contribution in [0.25, 0.3) is 0 Å². The molecule has 0 aromatic carbocycles. The number of nitrogens with zero attached hydrogens (tertiary/aromatic N) is 2. The van der Waals surface area contributed by atoms with E-state index in [-0.39, 0.29) is 30.1 Å². The number of aliphatic imine (C=N–C) groups is 1. The van der Waals surface area contributed by atoms with E-state index < -0.39 is 0 Å². The Morgan fingerprint density at radius 3 is 3.00 bits per heavy atom. The van der Waals surface area contributed by atoms with E-state index in [1.807, 2.05) is 18.3 Å². The molecule has 0 saturated carbocycles. The Hall–Kier alpha value is -1.13. The van der Waals surface area contributed by atoms with E-state index in [9.17, 15) is 0 Å². The van der Waals surface area contributed by atoms with Crippen molar-refractivity contribution in [1.82, 2.24) is 15.6 Å². The van der Waals surface area contributed by atoms with E-state index >= 15 is 0 Å². The number of thiazole rings is 1. The molecule has 150 valence electrons. The van der Waals surface area contributed by atoms with E-state index in [4.69, 9.17) is 14.1 Å². The van der Waals surface area contributed by atoms with Crippen LogP contribution >= 0.6 is 35.3 Å². The number of furan rings is 1. The van der Waals surface area contributed by atoms with Crippen molar-refractivity contribution in [2.24, 2.45) is 4.99 Å². The number of hydrogen-bond acceptors (Lipinski definition) is 5. The van der Waals surface area contributed by atoms with Gasteiger partial charge in [-0.05, 0) is 31.9 Å². The molecular weight excluding hydrogens is 475 g/mol. The monoisotopic (exact) mass is 504 g/mol. The molecule has 2 aromatic heterocycles. The number of guanidine groups is 1. The van der Waals surface area contributed by atoms with Crippen molar-refractivity contribution in [2.45, 2.75) is 45.1 Å².